The molecular weight excluding hydrogens is 366 g/mol. The lowest BCUT2D eigenvalue weighted by Gasteiger charge is -2.41. The lowest BCUT2D eigenvalue weighted by molar-refractivity contribution is -0.122. The topological polar surface area (TPSA) is 95.7 Å². The lowest BCUT2D eigenvalue weighted by Crippen LogP contribution is -2.57. The molecule has 2 unspecified atom stereocenters. The van der Waals surface area contributed by atoms with Crippen molar-refractivity contribution < 1.29 is 14.7 Å². The molecule has 3 aromatic carbocycles. The van der Waals surface area contributed by atoms with Crippen LogP contribution < -0.4 is 16.0 Å². The van der Waals surface area contributed by atoms with Crippen LogP contribution in [0.5, 0.6) is 0 Å². The number of aromatic carboxylic acids is 1. The molecule has 0 saturated carbocycles. The number of amides is 1. The quantitative estimate of drug-likeness (QED) is 0.620. The van der Waals surface area contributed by atoms with E-state index in [0.717, 1.165) is 5.56 Å². The van der Waals surface area contributed by atoms with Crippen LogP contribution in [0.3, 0.4) is 0 Å². The number of carbonyl (C=O) groups is 2. The van der Waals surface area contributed by atoms with Crippen molar-refractivity contribution >= 4 is 23.3 Å². The summed E-state index contributed by atoms with van der Waals surface area (Å²) in [6.45, 7) is 2.00. The van der Waals surface area contributed by atoms with E-state index in [9.17, 15) is 14.7 Å². The maximum Gasteiger partial charge on any atom is 0.335 e. The summed E-state index contributed by atoms with van der Waals surface area (Å²) in [5, 5.41) is 12.6. The zero-order valence-electron chi connectivity index (χ0n) is 15.9. The fourth-order valence-corrected chi connectivity index (χ4v) is 4.01. The van der Waals surface area contributed by atoms with Crippen molar-refractivity contribution in [2.45, 2.75) is 18.6 Å². The van der Waals surface area contributed by atoms with Gasteiger partial charge in [-0.1, -0.05) is 60.7 Å². The number of primary amides is 1. The third-order valence-corrected chi connectivity index (χ3v) is 5.40. The van der Waals surface area contributed by atoms with Crippen LogP contribution in [0.25, 0.3) is 0 Å². The summed E-state index contributed by atoms with van der Waals surface area (Å²) >= 11 is 0. The minimum Gasteiger partial charge on any atom is -0.478 e. The molecule has 1 heterocycles. The first-order valence-electron chi connectivity index (χ1n) is 9.30. The molecule has 1 aliphatic heterocycles. The lowest BCUT2D eigenvalue weighted by atomic mass is 9.94. The molecule has 146 valence electrons. The molecule has 3 aromatic rings. The van der Waals surface area contributed by atoms with Crippen LogP contribution in [0, 0.1) is 0 Å². The second kappa shape index (κ2) is 6.98. The molecule has 4 N–H and O–H groups in total. The normalized spacial score (nSPS) is 18.6. The summed E-state index contributed by atoms with van der Waals surface area (Å²) in [4.78, 5) is 26.4. The van der Waals surface area contributed by atoms with E-state index in [2.05, 4.69) is 5.32 Å². The van der Waals surface area contributed by atoms with Crippen molar-refractivity contribution in [2.24, 2.45) is 5.73 Å². The highest BCUT2D eigenvalue weighted by Gasteiger charge is 2.52. The van der Waals surface area contributed by atoms with Gasteiger partial charge in [0.2, 0.25) is 5.66 Å². The molecule has 1 amide bonds. The Morgan fingerprint density at radius 3 is 2.21 bits per heavy atom. The Labute approximate surface area is 168 Å². The van der Waals surface area contributed by atoms with Crippen molar-refractivity contribution in [3.05, 3.63) is 95.6 Å². The highest BCUT2D eigenvalue weighted by molar-refractivity contribution is 6.00. The van der Waals surface area contributed by atoms with Crippen molar-refractivity contribution in [3.63, 3.8) is 0 Å². The second-order valence-corrected chi connectivity index (χ2v) is 7.06. The Bertz CT molecular complexity index is 1070. The smallest absolute Gasteiger partial charge is 0.335 e. The summed E-state index contributed by atoms with van der Waals surface area (Å²) in [6, 6.07) is 23.6. The van der Waals surface area contributed by atoms with E-state index < -0.39 is 17.5 Å². The van der Waals surface area contributed by atoms with E-state index >= 15 is 0 Å². The van der Waals surface area contributed by atoms with Gasteiger partial charge in [0.1, 0.15) is 0 Å². The fraction of sp³-hybridized carbons (Fsp3) is 0.130. The molecule has 0 spiro atoms. The maximum absolute atomic E-state index is 13.0. The first kappa shape index (κ1) is 18.6. The Balaban J connectivity index is 1.96. The Morgan fingerprint density at radius 1 is 1.00 bits per heavy atom. The maximum atomic E-state index is 13.0. The van der Waals surface area contributed by atoms with E-state index in [1.807, 2.05) is 72.5 Å². The zero-order valence-corrected chi connectivity index (χ0v) is 15.9. The molecule has 0 aliphatic carbocycles. The Hall–Kier alpha value is -3.80. The van der Waals surface area contributed by atoms with Gasteiger partial charge in [-0.3, -0.25) is 4.79 Å². The van der Waals surface area contributed by atoms with Gasteiger partial charge in [-0.05, 0) is 30.7 Å². The Morgan fingerprint density at radius 2 is 1.62 bits per heavy atom. The van der Waals surface area contributed by atoms with Gasteiger partial charge in [0.05, 0.1) is 23.0 Å². The van der Waals surface area contributed by atoms with Crippen LogP contribution in [0.4, 0.5) is 11.4 Å². The molecule has 0 aromatic heterocycles. The number of nitrogens with zero attached hydrogens (tertiary/aromatic N) is 1. The van der Waals surface area contributed by atoms with E-state index in [1.165, 1.54) is 12.1 Å². The molecule has 4 rings (SSSR count). The van der Waals surface area contributed by atoms with Gasteiger partial charge in [-0.2, -0.15) is 0 Å². The van der Waals surface area contributed by atoms with E-state index in [4.69, 9.17) is 5.73 Å². The highest BCUT2D eigenvalue weighted by atomic mass is 16.4. The first-order valence-corrected chi connectivity index (χ1v) is 9.30. The van der Waals surface area contributed by atoms with Crippen LogP contribution in [-0.4, -0.2) is 17.0 Å². The van der Waals surface area contributed by atoms with Crippen molar-refractivity contribution in [1.82, 2.24) is 0 Å². The number of anilines is 2. The first-order chi connectivity index (χ1) is 13.9. The Kier molecular flexibility index (Phi) is 4.47. The van der Waals surface area contributed by atoms with Crippen LogP contribution in [0.2, 0.25) is 0 Å². The van der Waals surface area contributed by atoms with Gasteiger partial charge >= 0.3 is 5.97 Å². The van der Waals surface area contributed by atoms with Gasteiger partial charge in [-0.25, -0.2) is 4.79 Å². The molecule has 0 bridgehead atoms. The predicted molar refractivity (Wildman–Crippen MR) is 112 cm³/mol. The highest BCUT2D eigenvalue weighted by Crippen LogP contribution is 2.49. The number of fused-ring (bicyclic) bond motifs is 1. The number of benzene rings is 3. The summed E-state index contributed by atoms with van der Waals surface area (Å²) in [5.74, 6) is -1.60. The average molecular weight is 387 g/mol. The number of carboxylic acids is 1. The minimum atomic E-state index is -1.35. The predicted octanol–water partition coefficient (Wildman–Crippen LogP) is 3.72. The number of hydrogen-bond donors (Lipinski definition) is 3. The summed E-state index contributed by atoms with van der Waals surface area (Å²) < 4.78 is 0. The number of carbonyl (C=O) groups excluding carboxylic acids is 1. The van der Waals surface area contributed by atoms with Crippen LogP contribution in [0.1, 0.15) is 34.5 Å². The molecule has 1 aliphatic rings. The fourth-order valence-electron chi connectivity index (χ4n) is 4.01. The molecule has 0 saturated heterocycles. The second-order valence-electron chi connectivity index (χ2n) is 7.06. The van der Waals surface area contributed by atoms with Gasteiger partial charge < -0.3 is 21.1 Å². The molecular formula is C23H21N3O3. The molecule has 6 nitrogen and oxygen atoms in total. The zero-order chi connectivity index (χ0) is 20.6. The number of nitrogens with one attached hydrogen (secondary N) is 1. The van der Waals surface area contributed by atoms with Crippen molar-refractivity contribution in [3.8, 4) is 0 Å². The van der Waals surface area contributed by atoms with Gasteiger partial charge in [0.25, 0.3) is 5.91 Å². The number of nitrogens with two attached hydrogens (primary N) is 1. The van der Waals surface area contributed by atoms with Crippen LogP contribution in [-0.2, 0) is 10.5 Å². The molecule has 0 radical (unpaired) electrons. The molecule has 29 heavy (non-hydrogen) atoms. The number of rotatable bonds is 5. The minimum absolute atomic E-state index is 0.136. The number of hydrogen-bond acceptors (Lipinski definition) is 4. The molecule has 2 atom stereocenters. The van der Waals surface area contributed by atoms with Gasteiger partial charge in [-0.15, -0.1) is 0 Å². The number of carboxylic acid groups (broad SMARTS) is 1. The largest absolute Gasteiger partial charge is 0.478 e. The monoisotopic (exact) mass is 387 g/mol. The molecule has 0 fully saturated rings. The summed E-state index contributed by atoms with van der Waals surface area (Å²) in [5.41, 5.74) is 7.73. The van der Waals surface area contributed by atoms with Crippen molar-refractivity contribution in [1.29, 1.82) is 0 Å². The third-order valence-electron chi connectivity index (χ3n) is 5.40. The SMILES string of the molecule is CC(c1ccccc1)N1c2ccc(C(=O)O)cc2NC1(C(N)=O)c1ccccc1. The average Bonchev–Trinajstić information content (AvgIpc) is 3.10. The van der Waals surface area contributed by atoms with Crippen molar-refractivity contribution in [2.75, 3.05) is 10.2 Å². The summed E-state index contributed by atoms with van der Waals surface area (Å²) in [7, 11) is 0. The standard InChI is InChI=1S/C23H21N3O3/c1-15(16-8-4-2-5-9-16)26-20-13-12-17(21(27)28)14-19(20)25-23(26,22(24)29)18-10-6-3-7-11-18/h2-15,25H,1H3,(H2,24,29)(H,27,28). The van der Waals surface area contributed by atoms with E-state index in [0.29, 0.717) is 16.9 Å². The van der Waals surface area contributed by atoms with E-state index in [-0.39, 0.29) is 11.6 Å². The third kappa shape index (κ3) is 2.89. The van der Waals surface area contributed by atoms with Gasteiger partial charge in [0.15, 0.2) is 0 Å². The van der Waals surface area contributed by atoms with E-state index in [1.54, 1.807) is 6.07 Å². The summed E-state index contributed by atoms with van der Waals surface area (Å²) in [6.07, 6.45) is 0. The molecule has 6 heteroatoms. The van der Waals surface area contributed by atoms with Crippen LogP contribution in [0.15, 0.2) is 78.9 Å². The van der Waals surface area contributed by atoms with Crippen LogP contribution >= 0.6 is 0 Å². The van der Waals surface area contributed by atoms with Gasteiger partial charge in [0, 0.05) is 5.56 Å².